The molecule has 0 radical (unpaired) electrons. The van der Waals surface area contributed by atoms with E-state index in [0.717, 1.165) is 17.4 Å². The molecule has 21 heavy (non-hydrogen) atoms. The molecular weight excluding hydrogens is 339 g/mol. The molecule has 0 aliphatic heterocycles. The highest BCUT2D eigenvalue weighted by Gasteiger charge is 2.13. The van der Waals surface area contributed by atoms with Crippen molar-refractivity contribution in [2.24, 2.45) is 0 Å². The minimum absolute atomic E-state index is 0.308. The highest BCUT2D eigenvalue weighted by Crippen LogP contribution is 2.32. The Morgan fingerprint density at radius 2 is 2.05 bits per heavy atom. The average molecular weight is 355 g/mol. The zero-order valence-electron chi connectivity index (χ0n) is 11.8. The zero-order valence-corrected chi connectivity index (χ0v) is 13.4. The summed E-state index contributed by atoms with van der Waals surface area (Å²) in [6.07, 6.45) is 2.36. The molecule has 2 aromatic rings. The molecule has 0 atom stereocenters. The van der Waals surface area contributed by atoms with Crippen molar-refractivity contribution in [3.05, 3.63) is 34.8 Å². The Morgan fingerprint density at radius 1 is 1.29 bits per heavy atom. The van der Waals surface area contributed by atoms with Crippen molar-refractivity contribution < 1.29 is 9.13 Å². The molecule has 0 saturated carbocycles. The van der Waals surface area contributed by atoms with Crippen molar-refractivity contribution in [2.45, 2.75) is 13.3 Å². The lowest BCUT2D eigenvalue weighted by Crippen LogP contribution is -2.07. The molecule has 2 N–H and O–H groups in total. The van der Waals surface area contributed by atoms with Gasteiger partial charge in [-0.15, -0.1) is 0 Å². The van der Waals surface area contributed by atoms with Crippen molar-refractivity contribution in [2.75, 3.05) is 24.3 Å². The minimum atomic E-state index is -0.373. The van der Waals surface area contributed by atoms with E-state index >= 15 is 0 Å². The van der Waals surface area contributed by atoms with Gasteiger partial charge in [-0.25, -0.2) is 14.4 Å². The fraction of sp³-hybridized carbons (Fsp3) is 0.286. The fourth-order valence-electron chi connectivity index (χ4n) is 1.75. The number of anilines is 3. The van der Waals surface area contributed by atoms with E-state index in [2.05, 4.69) is 43.5 Å². The number of aromatic nitrogens is 2. The van der Waals surface area contributed by atoms with Crippen molar-refractivity contribution in [3.8, 4) is 5.75 Å². The lowest BCUT2D eigenvalue weighted by atomic mass is 10.3. The van der Waals surface area contributed by atoms with Gasteiger partial charge in [0.25, 0.3) is 0 Å². The number of halogens is 2. The number of nitrogens with zero attached hydrogens (tertiary/aromatic N) is 2. The maximum Gasteiger partial charge on any atom is 0.204 e. The molecule has 7 heteroatoms. The minimum Gasteiger partial charge on any atom is -0.490 e. The van der Waals surface area contributed by atoms with Gasteiger partial charge in [-0.2, -0.15) is 0 Å². The van der Waals surface area contributed by atoms with Crippen molar-refractivity contribution in [1.29, 1.82) is 0 Å². The number of hydrogen-bond donors (Lipinski definition) is 2. The van der Waals surface area contributed by atoms with Crippen LogP contribution in [0, 0.1) is 5.82 Å². The number of nitrogens with one attached hydrogen (secondary N) is 2. The lowest BCUT2D eigenvalue weighted by Gasteiger charge is -2.14. The molecular formula is C14H16BrFN4O. The van der Waals surface area contributed by atoms with Gasteiger partial charge in [0.2, 0.25) is 5.75 Å². The summed E-state index contributed by atoms with van der Waals surface area (Å²) in [6.45, 7) is 2.81. The number of benzene rings is 1. The van der Waals surface area contributed by atoms with Gasteiger partial charge < -0.3 is 15.4 Å². The quantitative estimate of drug-likeness (QED) is 0.822. The molecule has 0 aliphatic carbocycles. The van der Waals surface area contributed by atoms with Crippen LogP contribution in [0.4, 0.5) is 21.7 Å². The molecule has 0 unspecified atom stereocenters. The summed E-state index contributed by atoms with van der Waals surface area (Å²) in [5, 5.41) is 6.08. The second-order valence-electron chi connectivity index (χ2n) is 4.28. The van der Waals surface area contributed by atoms with E-state index in [-0.39, 0.29) is 5.82 Å². The van der Waals surface area contributed by atoms with Crippen molar-refractivity contribution >= 4 is 33.3 Å². The van der Waals surface area contributed by atoms with Gasteiger partial charge in [-0.3, -0.25) is 0 Å². The van der Waals surface area contributed by atoms with Gasteiger partial charge in [0.15, 0.2) is 11.6 Å². The van der Waals surface area contributed by atoms with E-state index in [4.69, 9.17) is 4.74 Å². The standard InChI is InChI=1S/C14H16BrFN4O/c1-3-6-17-13-12(21-2)14(19-8-18-13)20-11-7-9(15)4-5-10(11)16/h4-5,7-8H,3,6H2,1-2H3,(H2,17,18,19,20). The van der Waals surface area contributed by atoms with Gasteiger partial charge in [0, 0.05) is 11.0 Å². The molecule has 0 spiro atoms. The van der Waals surface area contributed by atoms with Crippen LogP contribution in [-0.4, -0.2) is 23.6 Å². The van der Waals surface area contributed by atoms with Gasteiger partial charge in [0.05, 0.1) is 12.8 Å². The predicted molar refractivity (Wildman–Crippen MR) is 84.7 cm³/mol. The van der Waals surface area contributed by atoms with Gasteiger partial charge in [-0.05, 0) is 24.6 Å². The highest BCUT2D eigenvalue weighted by atomic mass is 79.9. The van der Waals surface area contributed by atoms with Crippen LogP contribution in [0.25, 0.3) is 0 Å². The Bertz CT molecular complexity index is 624. The third-order valence-corrected chi connectivity index (χ3v) is 3.23. The molecule has 112 valence electrons. The summed E-state index contributed by atoms with van der Waals surface area (Å²) >= 11 is 3.31. The summed E-state index contributed by atoms with van der Waals surface area (Å²) < 4.78 is 19.9. The van der Waals surface area contributed by atoms with Crippen LogP contribution < -0.4 is 15.4 Å². The summed E-state index contributed by atoms with van der Waals surface area (Å²) in [6, 6.07) is 4.64. The van der Waals surface area contributed by atoms with E-state index in [1.54, 1.807) is 12.1 Å². The molecule has 0 aliphatic rings. The molecule has 0 fully saturated rings. The molecule has 1 aromatic carbocycles. The predicted octanol–water partition coefficient (Wildman–Crippen LogP) is 3.95. The van der Waals surface area contributed by atoms with E-state index in [0.29, 0.717) is 23.1 Å². The first-order valence-electron chi connectivity index (χ1n) is 6.50. The van der Waals surface area contributed by atoms with E-state index in [1.807, 2.05) is 0 Å². The molecule has 0 bridgehead atoms. The van der Waals surface area contributed by atoms with Crippen LogP contribution >= 0.6 is 15.9 Å². The molecule has 2 rings (SSSR count). The Hall–Kier alpha value is -1.89. The van der Waals surface area contributed by atoms with Crippen molar-refractivity contribution in [1.82, 2.24) is 9.97 Å². The summed E-state index contributed by atoms with van der Waals surface area (Å²) in [7, 11) is 1.53. The average Bonchev–Trinajstić information content (AvgIpc) is 2.49. The maximum atomic E-state index is 13.8. The number of methoxy groups -OCH3 is 1. The number of hydrogen-bond acceptors (Lipinski definition) is 5. The molecule has 0 saturated heterocycles. The van der Waals surface area contributed by atoms with Crippen LogP contribution in [0.3, 0.4) is 0 Å². The first-order valence-corrected chi connectivity index (χ1v) is 7.30. The summed E-state index contributed by atoms with van der Waals surface area (Å²) in [5.41, 5.74) is 0.308. The van der Waals surface area contributed by atoms with Gasteiger partial charge >= 0.3 is 0 Å². The highest BCUT2D eigenvalue weighted by molar-refractivity contribution is 9.10. The molecule has 0 amide bonds. The van der Waals surface area contributed by atoms with E-state index < -0.39 is 0 Å². The first kappa shape index (κ1) is 15.5. The lowest BCUT2D eigenvalue weighted by molar-refractivity contribution is 0.415. The smallest absolute Gasteiger partial charge is 0.204 e. The van der Waals surface area contributed by atoms with E-state index in [9.17, 15) is 4.39 Å². The normalized spacial score (nSPS) is 10.3. The SMILES string of the molecule is CCCNc1ncnc(Nc2cc(Br)ccc2F)c1OC. The van der Waals surface area contributed by atoms with Crippen LogP contribution in [0.1, 0.15) is 13.3 Å². The fourth-order valence-corrected chi connectivity index (χ4v) is 2.11. The molecule has 1 heterocycles. The zero-order chi connectivity index (χ0) is 15.2. The number of rotatable bonds is 6. The topological polar surface area (TPSA) is 59.1 Å². The van der Waals surface area contributed by atoms with Crippen LogP contribution in [-0.2, 0) is 0 Å². The van der Waals surface area contributed by atoms with Gasteiger partial charge in [-0.1, -0.05) is 22.9 Å². The van der Waals surface area contributed by atoms with Crippen molar-refractivity contribution in [3.63, 3.8) is 0 Å². The van der Waals surface area contributed by atoms with E-state index in [1.165, 1.54) is 19.5 Å². The Morgan fingerprint density at radius 3 is 2.76 bits per heavy atom. The monoisotopic (exact) mass is 354 g/mol. The van der Waals surface area contributed by atoms with Gasteiger partial charge in [0.1, 0.15) is 12.1 Å². The van der Waals surface area contributed by atoms with Crippen LogP contribution in [0.5, 0.6) is 5.75 Å². The summed E-state index contributed by atoms with van der Waals surface area (Å²) in [5.74, 6) is 1.06. The second kappa shape index (κ2) is 7.21. The Kier molecular flexibility index (Phi) is 5.32. The first-order chi connectivity index (χ1) is 10.2. The number of ether oxygens (including phenoxy) is 1. The second-order valence-corrected chi connectivity index (χ2v) is 5.20. The largest absolute Gasteiger partial charge is 0.490 e. The maximum absolute atomic E-state index is 13.8. The third-order valence-electron chi connectivity index (χ3n) is 2.73. The third kappa shape index (κ3) is 3.81. The van der Waals surface area contributed by atoms with Crippen LogP contribution in [0.2, 0.25) is 0 Å². The van der Waals surface area contributed by atoms with Crippen LogP contribution in [0.15, 0.2) is 29.0 Å². The summed E-state index contributed by atoms with van der Waals surface area (Å²) in [4.78, 5) is 8.25. The Balaban J connectivity index is 2.33. The molecule has 1 aromatic heterocycles. The molecule has 5 nitrogen and oxygen atoms in total. The Labute approximate surface area is 131 Å².